The Morgan fingerprint density at radius 2 is 2.00 bits per heavy atom. The van der Waals surface area contributed by atoms with Crippen molar-refractivity contribution in [2.45, 2.75) is 39.2 Å². The Kier molecular flexibility index (Phi) is 8.53. The van der Waals surface area contributed by atoms with Gasteiger partial charge in [-0.05, 0) is 80.9 Å². The summed E-state index contributed by atoms with van der Waals surface area (Å²) in [6.07, 6.45) is 7.67. The van der Waals surface area contributed by atoms with E-state index in [9.17, 15) is 0 Å². The smallest absolute Gasteiger partial charge is 0.168 e. The van der Waals surface area contributed by atoms with Crippen molar-refractivity contribution >= 4 is 36.3 Å². The zero-order valence-corrected chi connectivity index (χ0v) is 24.3. The topological polar surface area (TPSA) is 61.1 Å². The van der Waals surface area contributed by atoms with Crippen molar-refractivity contribution in [3.8, 4) is 11.3 Å². The Hall–Kier alpha value is -3.36. The van der Waals surface area contributed by atoms with Crippen LogP contribution in [0.25, 0.3) is 17.3 Å². The van der Waals surface area contributed by atoms with Gasteiger partial charge in [0.1, 0.15) is 0 Å². The van der Waals surface area contributed by atoms with Crippen molar-refractivity contribution in [1.82, 2.24) is 19.0 Å². The maximum absolute atomic E-state index is 4.53. The number of fused-ring (bicyclic) bond motifs is 2. The highest BCUT2D eigenvalue weighted by Gasteiger charge is 2.20. The van der Waals surface area contributed by atoms with E-state index in [1.807, 2.05) is 11.7 Å². The molecule has 5 rings (SSSR count). The second kappa shape index (κ2) is 12.2. The Morgan fingerprint density at radius 1 is 1.18 bits per heavy atom. The quantitative estimate of drug-likeness (QED) is 0.131. The van der Waals surface area contributed by atoms with E-state index in [1.165, 1.54) is 22.4 Å². The third-order valence-corrected chi connectivity index (χ3v) is 8.58. The molecule has 2 aliphatic heterocycles. The van der Waals surface area contributed by atoms with Crippen molar-refractivity contribution in [1.29, 1.82) is 0 Å². The molecule has 0 saturated heterocycles. The normalized spacial score (nSPS) is 17.2. The number of amidine groups is 1. The maximum atomic E-state index is 4.53. The van der Waals surface area contributed by atoms with Gasteiger partial charge in [-0.3, -0.25) is 4.68 Å². The van der Waals surface area contributed by atoms with Crippen LogP contribution in [0.1, 0.15) is 41.3 Å². The lowest BCUT2D eigenvalue weighted by molar-refractivity contribution is 0.289. The number of nitrogens with zero attached hydrogens (tertiary/aromatic N) is 6. The molecule has 1 aromatic heterocycles. The molecule has 0 saturated carbocycles. The van der Waals surface area contributed by atoms with Crippen LogP contribution in [-0.2, 0) is 19.9 Å². The molecule has 1 unspecified atom stereocenters. The molecular weight excluding hydrogens is 502 g/mol. The number of nitrogens with one attached hydrogen (secondary N) is 1. The van der Waals surface area contributed by atoms with E-state index < -0.39 is 0 Å². The molecule has 2 aromatic carbocycles. The molecule has 39 heavy (non-hydrogen) atoms. The zero-order chi connectivity index (χ0) is 27.4. The summed E-state index contributed by atoms with van der Waals surface area (Å²) < 4.78 is 4.12. The molecule has 8 heteroatoms. The van der Waals surface area contributed by atoms with Crippen LogP contribution in [0.5, 0.6) is 0 Å². The van der Waals surface area contributed by atoms with Crippen LogP contribution < -0.4 is 5.32 Å². The van der Waals surface area contributed by atoms with Crippen LogP contribution >= 0.6 is 11.9 Å². The lowest BCUT2D eigenvalue weighted by atomic mass is 9.99. The Balaban J connectivity index is 1.15. The molecule has 0 fully saturated rings. The van der Waals surface area contributed by atoms with Gasteiger partial charge in [0.25, 0.3) is 0 Å². The summed E-state index contributed by atoms with van der Waals surface area (Å²) in [4.78, 5) is 2.61. The summed E-state index contributed by atoms with van der Waals surface area (Å²) >= 11 is 1.79. The molecular formula is C31H39N7S. The molecule has 1 N–H and O–H groups in total. The van der Waals surface area contributed by atoms with Crippen LogP contribution in [0.2, 0.25) is 0 Å². The minimum atomic E-state index is 0.317. The van der Waals surface area contributed by atoms with Crippen molar-refractivity contribution < 1.29 is 0 Å². The Labute approximate surface area is 236 Å². The van der Waals surface area contributed by atoms with Gasteiger partial charge in [0.2, 0.25) is 0 Å². The summed E-state index contributed by atoms with van der Waals surface area (Å²) in [5.74, 6) is 1.85. The summed E-state index contributed by atoms with van der Waals surface area (Å²) in [5.41, 5.74) is 9.81. The molecule has 3 aromatic rings. The number of anilines is 1. The third kappa shape index (κ3) is 6.28. The van der Waals surface area contributed by atoms with Crippen molar-refractivity contribution in [2.75, 3.05) is 37.8 Å². The highest BCUT2D eigenvalue weighted by Crippen LogP contribution is 2.29. The number of aryl methyl sites for hydroxylation is 2. The van der Waals surface area contributed by atoms with Crippen LogP contribution in [0, 0.1) is 6.92 Å². The average molecular weight is 542 g/mol. The first-order chi connectivity index (χ1) is 18.9. The van der Waals surface area contributed by atoms with Crippen LogP contribution in [-0.4, -0.2) is 70.0 Å². The number of aromatic nitrogens is 2. The predicted octanol–water partition coefficient (Wildman–Crippen LogP) is 5.66. The van der Waals surface area contributed by atoms with Crippen LogP contribution in [0.3, 0.4) is 0 Å². The summed E-state index contributed by atoms with van der Waals surface area (Å²) in [6.45, 7) is 11.1. The second-order valence-corrected chi connectivity index (χ2v) is 11.6. The Morgan fingerprint density at radius 3 is 2.77 bits per heavy atom. The monoisotopic (exact) mass is 541 g/mol. The molecule has 0 bridgehead atoms. The molecule has 0 radical (unpaired) electrons. The first-order valence-electron chi connectivity index (χ1n) is 13.8. The van der Waals surface area contributed by atoms with Crippen LogP contribution in [0.15, 0.2) is 58.7 Å². The van der Waals surface area contributed by atoms with Gasteiger partial charge < -0.3 is 14.5 Å². The number of hydrogen-bond donors (Lipinski definition) is 1. The van der Waals surface area contributed by atoms with E-state index in [1.54, 1.807) is 11.9 Å². The van der Waals surface area contributed by atoms with Gasteiger partial charge in [-0.2, -0.15) is 10.2 Å². The second-order valence-electron chi connectivity index (χ2n) is 10.4. The van der Waals surface area contributed by atoms with Gasteiger partial charge in [0, 0.05) is 68.1 Å². The Bertz CT molecular complexity index is 1390. The number of hydrogen-bond acceptors (Lipinski definition) is 6. The van der Waals surface area contributed by atoms with Gasteiger partial charge in [-0.25, -0.2) is 0 Å². The molecule has 3 heterocycles. The molecule has 0 amide bonds. The highest BCUT2D eigenvalue weighted by atomic mass is 32.2. The fourth-order valence-corrected chi connectivity index (χ4v) is 6.33. The van der Waals surface area contributed by atoms with E-state index in [4.69, 9.17) is 0 Å². The van der Waals surface area contributed by atoms with Gasteiger partial charge in [0.05, 0.1) is 11.4 Å². The molecule has 0 aliphatic carbocycles. The van der Waals surface area contributed by atoms with Crippen molar-refractivity contribution in [3.63, 3.8) is 0 Å². The summed E-state index contributed by atoms with van der Waals surface area (Å²) in [7, 11) is 4.09. The number of rotatable bonds is 8. The standard InChI is InChI=1S/C31H39N7S/c1-22-10-13-27-28(8-6-9-29(27)33-22)31(34-32-3)37(5)39-19-7-16-38-17-14-24-11-12-26(21-25(24)15-18-38)30-20-23(2)35-36(30)4/h6,8-13,20-22,33H,3,7,14-19H2,1-2,4-5H3/b34-31-. The first-order valence-corrected chi connectivity index (χ1v) is 14.7. The van der Waals surface area contributed by atoms with E-state index in [0.29, 0.717) is 6.04 Å². The van der Waals surface area contributed by atoms with Crippen LogP contribution in [0.4, 0.5) is 5.69 Å². The minimum absolute atomic E-state index is 0.317. The molecule has 204 valence electrons. The van der Waals surface area contributed by atoms with Crippen molar-refractivity contribution in [2.24, 2.45) is 17.3 Å². The van der Waals surface area contributed by atoms with E-state index >= 15 is 0 Å². The highest BCUT2D eigenvalue weighted by molar-refractivity contribution is 7.97. The summed E-state index contributed by atoms with van der Waals surface area (Å²) in [6, 6.07) is 15.7. The third-order valence-electron chi connectivity index (χ3n) is 7.55. The minimum Gasteiger partial charge on any atom is -0.379 e. The molecule has 1 atom stereocenters. The molecule has 7 nitrogen and oxygen atoms in total. The zero-order valence-electron chi connectivity index (χ0n) is 23.5. The average Bonchev–Trinajstić information content (AvgIpc) is 3.14. The van der Waals surface area contributed by atoms with Gasteiger partial charge in [-0.1, -0.05) is 36.4 Å². The molecule has 2 aliphatic rings. The predicted molar refractivity (Wildman–Crippen MR) is 167 cm³/mol. The fourth-order valence-electron chi connectivity index (χ4n) is 5.54. The fraction of sp³-hybridized carbons (Fsp3) is 0.387. The lowest BCUT2D eigenvalue weighted by Crippen LogP contribution is -2.28. The van der Waals surface area contributed by atoms with E-state index in [2.05, 4.69) is 112 Å². The van der Waals surface area contributed by atoms with E-state index in [-0.39, 0.29) is 0 Å². The van der Waals surface area contributed by atoms with Crippen molar-refractivity contribution in [3.05, 3.63) is 76.5 Å². The number of benzene rings is 2. The lowest BCUT2D eigenvalue weighted by Gasteiger charge is -2.25. The first kappa shape index (κ1) is 27.2. The SMILES string of the molecule is C=N/N=C(/c1cccc2c1C=CC(C)N2)N(C)SCCCN1CCc2ccc(-c3cc(C)nn3C)cc2CC1. The maximum Gasteiger partial charge on any atom is 0.168 e. The van der Waals surface area contributed by atoms with Gasteiger partial charge in [-0.15, -0.1) is 5.10 Å². The summed E-state index contributed by atoms with van der Waals surface area (Å²) in [5, 5.41) is 16.4. The van der Waals surface area contributed by atoms with E-state index in [0.717, 1.165) is 73.0 Å². The van der Waals surface area contributed by atoms with Gasteiger partial charge >= 0.3 is 0 Å². The van der Waals surface area contributed by atoms with Gasteiger partial charge in [0.15, 0.2) is 5.84 Å². The molecule has 0 spiro atoms. The largest absolute Gasteiger partial charge is 0.379 e.